The molecule has 23 heavy (non-hydrogen) atoms. The fourth-order valence-corrected chi connectivity index (χ4v) is 4.41. The van der Waals surface area contributed by atoms with Gasteiger partial charge in [0.15, 0.2) is 0 Å². The minimum Gasteiger partial charge on any atom is -0.395 e. The van der Waals surface area contributed by atoms with Gasteiger partial charge in [0, 0.05) is 31.5 Å². The van der Waals surface area contributed by atoms with Crippen LogP contribution >= 0.6 is 0 Å². The number of amides is 1. The first kappa shape index (κ1) is 15.1. The molecule has 6 heteroatoms. The Bertz CT molecular complexity index is 581. The summed E-state index contributed by atoms with van der Waals surface area (Å²) in [5, 5.41) is 9.22. The SMILES string of the molecule is O=C1N(CCO)CCCC12CCCN2Cc1nccn1C1CC1. The molecule has 126 valence electrons. The molecular weight excluding hydrogens is 292 g/mol. The summed E-state index contributed by atoms with van der Waals surface area (Å²) in [5.41, 5.74) is -0.353. The van der Waals surface area contributed by atoms with Gasteiger partial charge in [-0.2, -0.15) is 0 Å². The quantitative estimate of drug-likeness (QED) is 0.885. The van der Waals surface area contributed by atoms with Crippen molar-refractivity contribution in [3.05, 3.63) is 18.2 Å². The number of likely N-dealkylation sites (tertiary alicyclic amines) is 2. The maximum Gasteiger partial charge on any atom is 0.243 e. The molecule has 1 aromatic heterocycles. The molecule has 3 heterocycles. The molecule has 2 aliphatic heterocycles. The zero-order valence-electron chi connectivity index (χ0n) is 13.7. The predicted molar refractivity (Wildman–Crippen MR) is 85.8 cm³/mol. The predicted octanol–water partition coefficient (Wildman–Crippen LogP) is 1.17. The Labute approximate surface area is 137 Å². The molecule has 1 unspecified atom stereocenters. The van der Waals surface area contributed by atoms with Gasteiger partial charge in [-0.1, -0.05) is 0 Å². The summed E-state index contributed by atoms with van der Waals surface area (Å²) >= 11 is 0. The molecule has 3 fully saturated rings. The van der Waals surface area contributed by atoms with Crippen molar-refractivity contribution < 1.29 is 9.90 Å². The van der Waals surface area contributed by atoms with Gasteiger partial charge in [0.25, 0.3) is 0 Å². The van der Waals surface area contributed by atoms with E-state index in [0.29, 0.717) is 12.6 Å². The highest BCUT2D eigenvalue weighted by atomic mass is 16.3. The Balaban J connectivity index is 1.55. The van der Waals surface area contributed by atoms with Crippen molar-refractivity contribution in [1.82, 2.24) is 19.4 Å². The van der Waals surface area contributed by atoms with Gasteiger partial charge in [-0.15, -0.1) is 0 Å². The summed E-state index contributed by atoms with van der Waals surface area (Å²) < 4.78 is 2.30. The number of carbonyl (C=O) groups excluding carboxylic acids is 1. The fourth-order valence-electron chi connectivity index (χ4n) is 4.41. The molecule has 6 nitrogen and oxygen atoms in total. The average Bonchev–Trinajstić information content (AvgIpc) is 3.17. The van der Waals surface area contributed by atoms with Crippen molar-refractivity contribution in [2.24, 2.45) is 0 Å². The smallest absolute Gasteiger partial charge is 0.243 e. The molecule has 1 N–H and O–H groups in total. The molecule has 2 saturated heterocycles. The third-order valence-corrected chi connectivity index (χ3v) is 5.72. The minimum absolute atomic E-state index is 0.0495. The largest absolute Gasteiger partial charge is 0.395 e. The van der Waals surface area contributed by atoms with Gasteiger partial charge in [-0.05, 0) is 45.1 Å². The van der Waals surface area contributed by atoms with E-state index in [0.717, 1.165) is 51.1 Å². The summed E-state index contributed by atoms with van der Waals surface area (Å²) in [6, 6.07) is 0.624. The monoisotopic (exact) mass is 318 g/mol. The van der Waals surface area contributed by atoms with Crippen molar-refractivity contribution in [2.75, 3.05) is 26.2 Å². The molecule has 1 saturated carbocycles. The first-order valence-electron chi connectivity index (χ1n) is 8.91. The van der Waals surface area contributed by atoms with E-state index in [1.54, 1.807) is 0 Å². The number of aliphatic hydroxyl groups excluding tert-OH is 1. The van der Waals surface area contributed by atoms with Crippen molar-refractivity contribution in [3.63, 3.8) is 0 Å². The number of imidazole rings is 1. The Kier molecular flexibility index (Phi) is 3.89. The first-order valence-corrected chi connectivity index (χ1v) is 8.91. The van der Waals surface area contributed by atoms with Crippen LogP contribution in [0.25, 0.3) is 0 Å². The lowest BCUT2D eigenvalue weighted by Crippen LogP contribution is -2.60. The Morgan fingerprint density at radius 1 is 1.26 bits per heavy atom. The van der Waals surface area contributed by atoms with E-state index in [-0.39, 0.29) is 18.1 Å². The zero-order valence-corrected chi connectivity index (χ0v) is 13.7. The van der Waals surface area contributed by atoms with Crippen LogP contribution in [0, 0.1) is 0 Å². The molecule has 4 rings (SSSR count). The Morgan fingerprint density at radius 3 is 2.78 bits per heavy atom. The van der Waals surface area contributed by atoms with Crippen molar-refractivity contribution >= 4 is 5.91 Å². The van der Waals surface area contributed by atoms with Gasteiger partial charge >= 0.3 is 0 Å². The van der Waals surface area contributed by atoms with Crippen molar-refractivity contribution in [3.8, 4) is 0 Å². The van der Waals surface area contributed by atoms with E-state index < -0.39 is 0 Å². The Hall–Kier alpha value is -1.40. The zero-order chi connectivity index (χ0) is 15.9. The van der Waals surface area contributed by atoms with Gasteiger partial charge < -0.3 is 14.6 Å². The number of hydrogen-bond acceptors (Lipinski definition) is 4. The lowest BCUT2D eigenvalue weighted by atomic mass is 9.85. The summed E-state index contributed by atoms with van der Waals surface area (Å²) in [5.74, 6) is 1.32. The lowest BCUT2D eigenvalue weighted by molar-refractivity contribution is -0.148. The minimum atomic E-state index is -0.353. The molecule has 0 radical (unpaired) electrons. The molecule has 1 amide bonds. The third-order valence-electron chi connectivity index (χ3n) is 5.72. The average molecular weight is 318 g/mol. The van der Waals surface area contributed by atoms with Gasteiger partial charge in [-0.25, -0.2) is 4.98 Å². The van der Waals surface area contributed by atoms with E-state index >= 15 is 0 Å². The highest BCUT2D eigenvalue weighted by Gasteiger charge is 2.50. The van der Waals surface area contributed by atoms with Gasteiger partial charge in [0.1, 0.15) is 11.4 Å². The topological polar surface area (TPSA) is 61.6 Å². The fraction of sp³-hybridized carbons (Fsp3) is 0.765. The second-order valence-electron chi connectivity index (χ2n) is 7.16. The van der Waals surface area contributed by atoms with Crippen LogP contribution in [-0.4, -0.2) is 62.1 Å². The van der Waals surface area contributed by atoms with E-state index in [4.69, 9.17) is 0 Å². The molecular formula is C17H26N4O2. The number of β-amino-alcohol motifs (C(OH)–C–C–N with tert-alkyl or cyclic N) is 1. The van der Waals surface area contributed by atoms with Crippen LogP contribution in [0.2, 0.25) is 0 Å². The molecule has 1 aromatic rings. The number of carbonyl (C=O) groups is 1. The Morgan fingerprint density at radius 2 is 2.04 bits per heavy atom. The van der Waals surface area contributed by atoms with E-state index in [1.807, 2.05) is 11.1 Å². The van der Waals surface area contributed by atoms with Crippen LogP contribution in [0.1, 0.15) is 50.4 Å². The van der Waals surface area contributed by atoms with Crippen molar-refractivity contribution in [2.45, 2.75) is 56.7 Å². The third kappa shape index (κ3) is 2.58. The van der Waals surface area contributed by atoms with E-state index in [9.17, 15) is 9.90 Å². The molecule has 1 atom stereocenters. The van der Waals surface area contributed by atoms with Crippen LogP contribution in [0.4, 0.5) is 0 Å². The second-order valence-corrected chi connectivity index (χ2v) is 7.16. The lowest BCUT2D eigenvalue weighted by Gasteiger charge is -2.44. The molecule has 1 aliphatic carbocycles. The molecule has 1 spiro atoms. The number of piperidine rings is 1. The van der Waals surface area contributed by atoms with Crippen LogP contribution in [0.15, 0.2) is 12.4 Å². The molecule has 0 aromatic carbocycles. The van der Waals surface area contributed by atoms with Crippen LogP contribution in [-0.2, 0) is 11.3 Å². The maximum absolute atomic E-state index is 13.1. The highest BCUT2D eigenvalue weighted by molar-refractivity contribution is 5.87. The summed E-state index contributed by atoms with van der Waals surface area (Å²) in [4.78, 5) is 21.8. The highest BCUT2D eigenvalue weighted by Crippen LogP contribution is 2.40. The molecule has 3 aliphatic rings. The summed E-state index contributed by atoms with van der Waals surface area (Å²) in [7, 11) is 0. The van der Waals surface area contributed by atoms with Crippen LogP contribution < -0.4 is 0 Å². The first-order chi connectivity index (χ1) is 11.2. The van der Waals surface area contributed by atoms with Crippen LogP contribution in [0.5, 0.6) is 0 Å². The standard InChI is InChI=1S/C17H26N4O2/c22-12-11-19-8-1-5-17(16(19)23)6-2-9-20(17)13-15-18-7-10-21(15)14-3-4-14/h7,10,14,22H,1-6,8-9,11-13H2. The van der Waals surface area contributed by atoms with Gasteiger partial charge in [0.05, 0.1) is 13.2 Å². The van der Waals surface area contributed by atoms with E-state index in [1.165, 1.54) is 12.8 Å². The number of aromatic nitrogens is 2. The van der Waals surface area contributed by atoms with Crippen molar-refractivity contribution in [1.29, 1.82) is 0 Å². The number of aliphatic hydroxyl groups is 1. The number of hydrogen-bond donors (Lipinski definition) is 1. The summed E-state index contributed by atoms with van der Waals surface area (Å²) in [6.07, 6.45) is 10.4. The number of nitrogens with zero attached hydrogens (tertiary/aromatic N) is 4. The summed E-state index contributed by atoms with van der Waals surface area (Å²) in [6.45, 7) is 3.03. The normalized spacial score (nSPS) is 28.9. The number of rotatable bonds is 5. The van der Waals surface area contributed by atoms with Gasteiger partial charge in [0.2, 0.25) is 5.91 Å². The van der Waals surface area contributed by atoms with E-state index in [2.05, 4.69) is 20.6 Å². The second kappa shape index (κ2) is 5.91. The van der Waals surface area contributed by atoms with Crippen LogP contribution in [0.3, 0.4) is 0 Å². The molecule has 0 bridgehead atoms. The van der Waals surface area contributed by atoms with Gasteiger partial charge in [-0.3, -0.25) is 9.69 Å². The maximum atomic E-state index is 13.1.